The Morgan fingerprint density at radius 2 is 1.71 bits per heavy atom. The fraction of sp³-hybridized carbons (Fsp3) is 0.750. The Labute approximate surface area is 93.0 Å². The molecule has 1 atom stereocenters. The van der Waals surface area contributed by atoms with Gasteiger partial charge in [0.1, 0.15) is 5.71 Å². The number of hydrogen-bond acceptors (Lipinski definition) is 3. The molecule has 9 heteroatoms. The molecular formula is C8H10F6N2O. The van der Waals surface area contributed by atoms with Crippen molar-refractivity contribution in [2.75, 3.05) is 13.7 Å². The number of alkyl halides is 6. The van der Waals surface area contributed by atoms with Crippen LogP contribution in [0.2, 0.25) is 0 Å². The molecule has 1 unspecified atom stereocenters. The lowest BCUT2D eigenvalue weighted by molar-refractivity contribution is -0.156. The van der Waals surface area contributed by atoms with Crippen LogP contribution in [0, 0.1) is 11.3 Å². The molecule has 0 aromatic carbocycles. The van der Waals surface area contributed by atoms with Gasteiger partial charge in [-0.05, 0) is 6.92 Å². The van der Waals surface area contributed by atoms with E-state index in [9.17, 15) is 26.3 Å². The van der Waals surface area contributed by atoms with E-state index in [1.54, 1.807) is 0 Å². The smallest absolute Gasteiger partial charge is 0.429 e. The SMILES string of the molecule is CN=C(OCC(F)(F)F)C(C)C(=N)C(F)(F)F. The minimum absolute atomic E-state index is 0.773. The summed E-state index contributed by atoms with van der Waals surface area (Å²) in [5, 5.41) is 6.75. The highest BCUT2D eigenvalue weighted by molar-refractivity contribution is 6.05. The van der Waals surface area contributed by atoms with Crippen LogP contribution in [0.3, 0.4) is 0 Å². The van der Waals surface area contributed by atoms with Gasteiger partial charge in [-0.25, -0.2) is 0 Å². The fourth-order valence-electron chi connectivity index (χ4n) is 0.908. The van der Waals surface area contributed by atoms with E-state index in [-0.39, 0.29) is 0 Å². The van der Waals surface area contributed by atoms with Crippen LogP contribution in [0.15, 0.2) is 4.99 Å². The van der Waals surface area contributed by atoms with Crippen LogP contribution in [-0.4, -0.2) is 37.6 Å². The topological polar surface area (TPSA) is 45.4 Å². The maximum absolute atomic E-state index is 12.1. The van der Waals surface area contributed by atoms with Gasteiger partial charge in [0.15, 0.2) is 12.5 Å². The van der Waals surface area contributed by atoms with Gasteiger partial charge in [0.25, 0.3) is 0 Å². The van der Waals surface area contributed by atoms with E-state index in [2.05, 4.69) is 9.73 Å². The quantitative estimate of drug-likeness (QED) is 0.475. The summed E-state index contributed by atoms with van der Waals surface area (Å²) in [5.41, 5.74) is -1.71. The summed E-state index contributed by atoms with van der Waals surface area (Å²) >= 11 is 0. The summed E-state index contributed by atoms with van der Waals surface area (Å²) in [6.07, 6.45) is -9.59. The third-order valence-corrected chi connectivity index (χ3v) is 1.71. The zero-order valence-corrected chi connectivity index (χ0v) is 8.91. The van der Waals surface area contributed by atoms with E-state index in [0.717, 1.165) is 14.0 Å². The minimum atomic E-state index is -4.92. The van der Waals surface area contributed by atoms with Gasteiger partial charge in [-0.15, -0.1) is 0 Å². The molecule has 0 rings (SSSR count). The van der Waals surface area contributed by atoms with Crippen molar-refractivity contribution in [3.8, 4) is 0 Å². The Morgan fingerprint density at radius 3 is 2.00 bits per heavy atom. The Bertz CT molecular complexity index is 306. The van der Waals surface area contributed by atoms with Crippen molar-refractivity contribution in [2.45, 2.75) is 19.3 Å². The normalized spacial score (nSPS) is 15.6. The lowest BCUT2D eigenvalue weighted by atomic mass is 10.1. The van der Waals surface area contributed by atoms with Gasteiger partial charge in [0, 0.05) is 7.05 Å². The summed E-state index contributed by atoms with van der Waals surface area (Å²) < 4.78 is 75.8. The van der Waals surface area contributed by atoms with Gasteiger partial charge >= 0.3 is 12.4 Å². The molecule has 0 aromatic heterocycles. The molecule has 0 fully saturated rings. The van der Waals surface area contributed by atoms with Gasteiger partial charge in [-0.3, -0.25) is 10.4 Å². The van der Waals surface area contributed by atoms with Crippen LogP contribution in [0.1, 0.15) is 6.92 Å². The third-order valence-electron chi connectivity index (χ3n) is 1.71. The average molecular weight is 264 g/mol. The van der Waals surface area contributed by atoms with Crippen molar-refractivity contribution in [3.05, 3.63) is 0 Å². The Morgan fingerprint density at radius 1 is 1.24 bits per heavy atom. The van der Waals surface area contributed by atoms with E-state index in [1.807, 2.05) is 0 Å². The zero-order valence-electron chi connectivity index (χ0n) is 8.91. The molecule has 0 heterocycles. The van der Waals surface area contributed by atoms with Gasteiger partial charge < -0.3 is 4.74 Å². The Hall–Kier alpha value is -1.28. The Balaban J connectivity index is 4.65. The number of hydrogen-bond donors (Lipinski definition) is 1. The van der Waals surface area contributed by atoms with Crippen LogP contribution in [0.25, 0.3) is 0 Å². The van der Waals surface area contributed by atoms with Gasteiger partial charge in [0.05, 0.1) is 5.92 Å². The number of nitrogens with zero attached hydrogens (tertiary/aromatic N) is 1. The molecule has 1 N–H and O–H groups in total. The number of ether oxygens (including phenoxy) is 1. The largest absolute Gasteiger partial charge is 0.471 e. The summed E-state index contributed by atoms with van der Waals surface area (Å²) in [5.74, 6) is -2.45. The maximum atomic E-state index is 12.1. The second kappa shape index (κ2) is 5.37. The van der Waals surface area contributed by atoms with E-state index >= 15 is 0 Å². The molecule has 0 saturated heterocycles. The van der Waals surface area contributed by atoms with Crippen molar-refractivity contribution in [1.82, 2.24) is 0 Å². The molecular weight excluding hydrogens is 254 g/mol. The molecule has 0 saturated carbocycles. The lowest BCUT2D eigenvalue weighted by Gasteiger charge is -2.18. The number of halogens is 6. The summed E-state index contributed by atoms with van der Waals surface area (Å²) in [7, 11) is 0.992. The van der Waals surface area contributed by atoms with Crippen LogP contribution in [-0.2, 0) is 4.74 Å². The standard InChI is InChI=1S/C8H10F6N2O/c1-4(5(15)8(12,13)14)6(16-2)17-3-7(9,10)11/h4,15H,3H2,1-2H3. The second-order valence-electron chi connectivity index (χ2n) is 3.10. The van der Waals surface area contributed by atoms with Crippen molar-refractivity contribution in [1.29, 1.82) is 5.41 Å². The third kappa shape index (κ3) is 5.55. The first kappa shape index (κ1) is 15.7. The van der Waals surface area contributed by atoms with Gasteiger partial charge in [0.2, 0.25) is 0 Å². The molecule has 0 aromatic rings. The summed E-state index contributed by atoms with van der Waals surface area (Å²) in [6.45, 7) is -0.844. The molecule has 0 amide bonds. The molecule has 100 valence electrons. The van der Waals surface area contributed by atoms with Crippen molar-refractivity contribution >= 4 is 11.6 Å². The van der Waals surface area contributed by atoms with Crippen LogP contribution in [0.4, 0.5) is 26.3 Å². The van der Waals surface area contributed by atoms with Crippen molar-refractivity contribution in [3.63, 3.8) is 0 Å². The average Bonchev–Trinajstić information content (AvgIpc) is 2.14. The number of rotatable bonds is 3. The van der Waals surface area contributed by atoms with E-state index in [1.165, 1.54) is 0 Å². The van der Waals surface area contributed by atoms with E-state index < -0.39 is 36.5 Å². The van der Waals surface area contributed by atoms with Gasteiger partial charge in [-0.2, -0.15) is 26.3 Å². The second-order valence-corrected chi connectivity index (χ2v) is 3.10. The molecule has 0 radical (unpaired) electrons. The zero-order chi connectivity index (χ0) is 13.9. The first-order valence-corrected chi connectivity index (χ1v) is 4.31. The van der Waals surface area contributed by atoms with Crippen molar-refractivity contribution < 1.29 is 31.1 Å². The predicted octanol–water partition coefficient (Wildman–Crippen LogP) is 2.81. The molecule has 3 nitrogen and oxygen atoms in total. The number of aliphatic imine (C=N–C) groups is 1. The fourth-order valence-corrected chi connectivity index (χ4v) is 0.908. The summed E-state index contributed by atoms with van der Waals surface area (Å²) in [4.78, 5) is 3.18. The molecule has 0 aliphatic heterocycles. The highest BCUT2D eigenvalue weighted by Gasteiger charge is 2.40. The lowest BCUT2D eigenvalue weighted by Crippen LogP contribution is -2.35. The Kier molecular flexibility index (Phi) is 4.96. The van der Waals surface area contributed by atoms with E-state index in [4.69, 9.17) is 5.41 Å². The molecule has 0 bridgehead atoms. The monoisotopic (exact) mass is 264 g/mol. The molecule has 0 spiro atoms. The van der Waals surface area contributed by atoms with Crippen LogP contribution < -0.4 is 0 Å². The van der Waals surface area contributed by atoms with Crippen LogP contribution in [0.5, 0.6) is 0 Å². The first-order valence-electron chi connectivity index (χ1n) is 4.31. The summed E-state index contributed by atoms with van der Waals surface area (Å²) in [6, 6.07) is 0. The molecule has 0 aliphatic carbocycles. The predicted molar refractivity (Wildman–Crippen MR) is 48.3 cm³/mol. The highest BCUT2D eigenvalue weighted by atomic mass is 19.4. The number of nitrogens with one attached hydrogen (secondary N) is 1. The maximum Gasteiger partial charge on any atom is 0.429 e. The molecule has 0 aliphatic rings. The minimum Gasteiger partial charge on any atom is -0.471 e. The highest BCUT2D eigenvalue weighted by Crippen LogP contribution is 2.23. The van der Waals surface area contributed by atoms with Gasteiger partial charge in [-0.1, -0.05) is 0 Å². The van der Waals surface area contributed by atoms with E-state index in [0.29, 0.717) is 0 Å². The van der Waals surface area contributed by atoms with Crippen molar-refractivity contribution in [2.24, 2.45) is 10.9 Å². The first-order chi connectivity index (χ1) is 7.49. The van der Waals surface area contributed by atoms with Crippen LogP contribution >= 0.6 is 0 Å². The molecule has 17 heavy (non-hydrogen) atoms.